The number of hydrazone groups is 1. The van der Waals surface area contributed by atoms with Crippen LogP contribution in [-0.4, -0.2) is 31.0 Å². The highest BCUT2D eigenvalue weighted by Gasteiger charge is 2.50. The van der Waals surface area contributed by atoms with E-state index in [2.05, 4.69) is 89.7 Å². The number of allylic oxidation sites excluding steroid dienone is 2. The van der Waals surface area contributed by atoms with E-state index in [0.29, 0.717) is 13.1 Å². The van der Waals surface area contributed by atoms with E-state index in [1.54, 1.807) is 4.78 Å². The summed E-state index contributed by atoms with van der Waals surface area (Å²) in [4.78, 5) is 2.18. The molecule has 0 saturated heterocycles. The summed E-state index contributed by atoms with van der Waals surface area (Å²) in [6.07, 6.45) is 1.82. The van der Waals surface area contributed by atoms with Gasteiger partial charge < -0.3 is 4.90 Å². The Balaban J connectivity index is 1.95. The van der Waals surface area contributed by atoms with Gasteiger partial charge >= 0.3 is 0 Å². The van der Waals surface area contributed by atoms with Gasteiger partial charge in [0.05, 0.1) is 17.2 Å². The summed E-state index contributed by atoms with van der Waals surface area (Å²) >= 11 is 7.11. The van der Waals surface area contributed by atoms with E-state index in [-0.39, 0.29) is 5.41 Å². The number of hydrogen-bond acceptors (Lipinski definition) is 3. The maximum Gasteiger partial charge on any atom is 0.292 e. The second-order valence-corrected chi connectivity index (χ2v) is 12.6. The van der Waals surface area contributed by atoms with Crippen molar-refractivity contribution in [1.29, 1.82) is 0 Å². The second kappa shape index (κ2) is 8.18. The Morgan fingerprint density at radius 1 is 1.03 bits per heavy atom. The van der Waals surface area contributed by atoms with Crippen molar-refractivity contribution in [3.63, 3.8) is 0 Å². The number of benzene rings is 2. The molecule has 5 nitrogen and oxygen atoms in total. The summed E-state index contributed by atoms with van der Waals surface area (Å²) in [5.41, 5.74) is 3.90. The van der Waals surface area contributed by atoms with Crippen LogP contribution in [-0.2, 0) is 9.98 Å². The van der Waals surface area contributed by atoms with Crippen LogP contribution >= 0.6 is 39.3 Å². The molecule has 0 spiro atoms. The van der Waals surface area contributed by atoms with E-state index < -0.39 is 7.44 Å². The summed E-state index contributed by atoms with van der Waals surface area (Å²) in [5.74, 6) is 0. The van der Waals surface area contributed by atoms with Gasteiger partial charge in [0.15, 0.2) is 0 Å². The smallest absolute Gasteiger partial charge is 0.292 e. The average Bonchev–Trinajstić information content (AvgIpc) is 3.15. The predicted molar refractivity (Wildman–Crippen MR) is 138 cm³/mol. The van der Waals surface area contributed by atoms with Crippen molar-refractivity contribution in [2.24, 2.45) is 5.10 Å². The normalized spacial score (nSPS) is 24.4. The number of hydrogen-bond donors (Lipinski definition) is 0. The Morgan fingerprint density at radius 2 is 1.65 bits per heavy atom. The zero-order valence-corrected chi connectivity index (χ0v) is 22.5. The quantitative estimate of drug-likeness (QED) is 0.368. The van der Waals surface area contributed by atoms with Crippen LogP contribution < -0.4 is 9.68 Å². The SMILES string of the molecule is CCN(CC)[P@]1(=O)/C(=C2\N(C)c3ccc(Br)cc3C2(C)C)C=NN1c1ccc(Br)cc1. The Labute approximate surface area is 201 Å². The number of rotatable bonds is 4. The van der Waals surface area contributed by atoms with Crippen LogP contribution in [0, 0.1) is 0 Å². The Bertz CT molecular complexity index is 1120. The van der Waals surface area contributed by atoms with Gasteiger partial charge in [0.25, 0.3) is 7.44 Å². The first-order valence-corrected chi connectivity index (χ1v) is 13.6. The van der Waals surface area contributed by atoms with Crippen LogP contribution in [0.2, 0.25) is 0 Å². The third-order valence-corrected chi connectivity index (χ3v) is 10.4. The monoisotopic (exact) mass is 564 g/mol. The van der Waals surface area contributed by atoms with Crippen molar-refractivity contribution >= 4 is 56.9 Å². The van der Waals surface area contributed by atoms with Crippen LogP contribution in [0.5, 0.6) is 0 Å². The lowest BCUT2D eigenvalue weighted by Crippen LogP contribution is -2.31. The van der Waals surface area contributed by atoms with Gasteiger partial charge in [-0.05, 0) is 48.0 Å². The summed E-state index contributed by atoms with van der Waals surface area (Å²) in [7, 11) is -1.13. The molecule has 1 atom stereocenters. The van der Waals surface area contributed by atoms with Crippen molar-refractivity contribution in [3.8, 4) is 0 Å². The molecule has 2 aliphatic rings. The highest BCUT2D eigenvalue weighted by atomic mass is 79.9. The van der Waals surface area contributed by atoms with Gasteiger partial charge in [0.2, 0.25) is 0 Å². The second-order valence-electron chi connectivity index (χ2n) is 8.27. The largest absolute Gasteiger partial charge is 0.346 e. The van der Waals surface area contributed by atoms with Gasteiger partial charge in [-0.2, -0.15) is 9.88 Å². The fraction of sp³-hybridized carbons (Fsp3) is 0.348. The maximum absolute atomic E-state index is 15.0. The fourth-order valence-corrected chi connectivity index (χ4v) is 8.38. The number of anilines is 2. The molecule has 0 unspecified atom stereocenters. The van der Waals surface area contributed by atoms with E-state index in [4.69, 9.17) is 5.10 Å². The van der Waals surface area contributed by atoms with Crippen molar-refractivity contribution in [3.05, 3.63) is 68.0 Å². The van der Waals surface area contributed by atoms with E-state index >= 15 is 0 Å². The van der Waals surface area contributed by atoms with Gasteiger partial charge in [0, 0.05) is 45.9 Å². The molecule has 0 aliphatic carbocycles. The molecule has 2 heterocycles. The minimum atomic E-state index is -3.19. The zero-order chi connectivity index (χ0) is 22.6. The molecular weight excluding hydrogens is 539 g/mol. The van der Waals surface area contributed by atoms with Gasteiger partial charge in [-0.25, -0.2) is 4.67 Å². The molecule has 31 heavy (non-hydrogen) atoms. The summed E-state index contributed by atoms with van der Waals surface area (Å²) in [6, 6.07) is 14.2. The third-order valence-electron chi connectivity index (χ3n) is 6.19. The minimum Gasteiger partial charge on any atom is -0.346 e. The first kappa shape index (κ1) is 22.8. The molecule has 2 aliphatic heterocycles. The van der Waals surface area contributed by atoms with Crippen LogP contribution in [0.3, 0.4) is 0 Å². The van der Waals surface area contributed by atoms with E-state index in [9.17, 15) is 4.57 Å². The molecule has 2 aromatic rings. The molecule has 8 heteroatoms. The number of fused-ring (bicyclic) bond motifs is 1. The molecule has 0 saturated carbocycles. The van der Waals surface area contributed by atoms with Gasteiger partial charge in [0.1, 0.15) is 0 Å². The van der Waals surface area contributed by atoms with E-state index in [1.165, 1.54) is 5.56 Å². The highest BCUT2D eigenvalue weighted by Crippen LogP contribution is 2.67. The zero-order valence-electron chi connectivity index (χ0n) is 18.4. The summed E-state index contributed by atoms with van der Waals surface area (Å²) in [5, 5.41) is 5.51. The third kappa shape index (κ3) is 3.45. The lowest BCUT2D eigenvalue weighted by Gasteiger charge is -2.36. The van der Waals surface area contributed by atoms with Crippen LogP contribution in [0.1, 0.15) is 33.3 Å². The van der Waals surface area contributed by atoms with Gasteiger partial charge in [-0.3, -0.25) is 4.57 Å². The number of likely N-dealkylation sites (N-methyl/N-ethyl adjacent to an activating group) is 1. The van der Waals surface area contributed by atoms with Gasteiger partial charge in [-0.1, -0.05) is 59.6 Å². The topological polar surface area (TPSA) is 39.2 Å². The fourth-order valence-electron chi connectivity index (χ4n) is 4.69. The molecule has 0 fully saturated rings. The van der Waals surface area contributed by atoms with Crippen LogP contribution in [0.25, 0.3) is 0 Å². The number of nitrogens with zero attached hydrogens (tertiary/aromatic N) is 4. The van der Waals surface area contributed by atoms with Crippen LogP contribution in [0.4, 0.5) is 11.4 Å². The standard InChI is InChI=1S/C23H27Br2N4OP/c1-6-28(7-2)31(30)21(15-26-29(31)18-11-8-16(24)9-12-18)22-23(3,4)19-14-17(25)10-13-20(19)27(22)5/h8-15H,6-7H2,1-5H3/b22-21-/t31-/m1/s1. The Morgan fingerprint density at radius 3 is 2.26 bits per heavy atom. The predicted octanol–water partition coefficient (Wildman–Crippen LogP) is 7.19. The molecule has 0 aromatic heterocycles. The first-order valence-electron chi connectivity index (χ1n) is 10.4. The van der Waals surface area contributed by atoms with Crippen molar-refractivity contribution < 1.29 is 4.57 Å². The Kier molecular flexibility index (Phi) is 6.01. The molecule has 4 rings (SSSR count). The molecule has 0 bridgehead atoms. The first-order chi connectivity index (χ1) is 14.7. The summed E-state index contributed by atoms with van der Waals surface area (Å²) < 4.78 is 20.8. The lowest BCUT2D eigenvalue weighted by molar-refractivity contribution is 0.446. The Hall–Kier alpha value is -1.40. The van der Waals surface area contributed by atoms with Crippen molar-refractivity contribution in [2.75, 3.05) is 29.8 Å². The molecular formula is C23H27Br2N4OP. The van der Waals surface area contributed by atoms with Crippen molar-refractivity contribution in [1.82, 2.24) is 4.67 Å². The van der Waals surface area contributed by atoms with Crippen LogP contribution in [0.15, 0.2) is 67.5 Å². The molecule has 2 aromatic carbocycles. The molecule has 0 N–H and O–H groups in total. The van der Waals surface area contributed by atoms with Crippen molar-refractivity contribution in [2.45, 2.75) is 33.1 Å². The summed E-state index contributed by atoms with van der Waals surface area (Å²) in [6.45, 7) is 9.85. The maximum atomic E-state index is 15.0. The highest BCUT2D eigenvalue weighted by molar-refractivity contribution is 9.10. The van der Waals surface area contributed by atoms with Gasteiger partial charge in [-0.15, -0.1) is 0 Å². The van der Waals surface area contributed by atoms with E-state index in [0.717, 1.165) is 31.3 Å². The number of halogens is 2. The minimum absolute atomic E-state index is 0.312. The average molecular weight is 566 g/mol. The van der Waals surface area contributed by atoms with E-state index in [1.807, 2.05) is 35.2 Å². The molecule has 0 amide bonds. The molecule has 0 radical (unpaired) electrons. The lowest BCUT2D eigenvalue weighted by atomic mass is 9.84. The molecule has 164 valence electrons.